The van der Waals surface area contributed by atoms with Crippen LogP contribution in [0.15, 0.2) is 40.4 Å². The van der Waals surface area contributed by atoms with Crippen LogP contribution < -0.4 is 10.9 Å². The van der Waals surface area contributed by atoms with Gasteiger partial charge in [-0.15, -0.1) is 11.3 Å². The molecule has 0 bridgehead atoms. The van der Waals surface area contributed by atoms with Crippen molar-refractivity contribution in [3.05, 3.63) is 50.9 Å². The second-order valence-corrected chi connectivity index (χ2v) is 5.14. The third-order valence-corrected chi connectivity index (χ3v) is 3.30. The summed E-state index contributed by atoms with van der Waals surface area (Å²) in [6.45, 7) is 0. The fourth-order valence-corrected chi connectivity index (χ4v) is 2.17. The Morgan fingerprint density at radius 3 is 2.67 bits per heavy atom. The molecule has 0 saturated heterocycles. The molecule has 2 aromatic rings. The lowest BCUT2D eigenvalue weighted by molar-refractivity contribution is 0.0848. The Labute approximate surface area is 115 Å². The number of hydrogen-bond donors (Lipinski definition) is 2. The van der Waals surface area contributed by atoms with E-state index in [-0.39, 0.29) is 5.91 Å². The number of amides is 2. The zero-order valence-electron chi connectivity index (χ0n) is 9.01. The molecule has 0 radical (unpaired) electrons. The summed E-state index contributed by atoms with van der Waals surface area (Å²) in [6, 6.07) is 5.05. The number of aromatic nitrogens is 1. The fourth-order valence-electron chi connectivity index (χ4n) is 1.19. The third kappa shape index (κ3) is 3.14. The minimum Gasteiger partial charge on any atom is -0.267 e. The fraction of sp³-hybridized carbons (Fsp3) is 0. The smallest absolute Gasteiger partial charge is 0.267 e. The SMILES string of the molecule is O=C(NNC(=O)c1cccs1)c1cncc(Br)c1. The van der Waals surface area contributed by atoms with Crippen molar-refractivity contribution in [2.24, 2.45) is 0 Å². The zero-order valence-corrected chi connectivity index (χ0v) is 11.4. The van der Waals surface area contributed by atoms with Crippen LogP contribution in [-0.2, 0) is 0 Å². The number of pyridine rings is 1. The van der Waals surface area contributed by atoms with Crippen LogP contribution in [0.25, 0.3) is 0 Å². The van der Waals surface area contributed by atoms with E-state index in [2.05, 4.69) is 31.8 Å². The molecule has 18 heavy (non-hydrogen) atoms. The summed E-state index contributed by atoms with van der Waals surface area (Å²) in [7, 11) is 0. The molecular formula is C11H8BrN3O2S. The summed E-state index contributed by atoms with van der Waals surface area (Å²) in [5, 5.41) is 1.79. The highest BCUT2D eigenvalue weighted by atomic mass is 79.9. The third-order valence-electron chi connectivity index (χ3n) is 2.00. The number of carbonyl (C=O) groups excluding carboxylic acids is 2. The van der Waals surface area contributed by atoms with Gasteiger partial charge >= 0.3 is 0 Å². The van der Waals surface area contributed by atoms with E-state index in [1.54, 1.807) is 29.8 Å². The van der Waals surface area contributed by atoms with Crippen LogP contribution in [0.1, 0.15) is 20.0 Å². The Bertz CT molecular complexity index is 571. The molecule has 0 aliphatic heterocycles. The maximum atomic E-state index is 11.7. The van der Waals surface area contributed by atoms with E-state index in [9.17, 15) is 9.59 Å². The van der Waals surface area contributed by atoms with Crippen molar-refractivity contribution in [2.75, 3.05) is 0 Å². The van der Waals surface area contributed by atoms with Gasteiger partial charge in [0.15, 0.2) is 0 Å². The van der Waals surface area contributed by atoms with Gasteiger partial charge in [0.05, 0.1) is 10.4 Å². The van der Waals surface area contributed by atoms with Crippen molar-refractivity contribution in [1.82, 2.24) is 15.8 Å². The van der Waals surface area contributed by atoms with Gasteiger partial charge in [0.25, 0.3) is 11.8 Å². The average Bonchev–Trinajstić information content (AvgIpc) is 2.89. The monoisotopic (exact) mass is 325 g/mol. The molecule has 2 heterocycles. The molecule has 0 saturated carbocycles. The highest BCUT2D eigenvalue weighted by Crippen LogP contribution is 2.09. The van der Waals surface area contributed by atoms with Gasteiger partial charge in [-0.3, -0.25) is 25.4 Å². The van der Waals surface area contributed by atoms with E-state index >= 15 is 0 Å². The van der Waals surface area contributed by atoms with E-state index in [1.807, 2.05) is 0 Å². The first-order valence-corrected chi connectivity index (χ1v) is 6.59. The number of nitrogens with zero attached hydrogens (tertiary/aromatic N) is 1. The van der Waals surface area contributed by atoms with Crippen molar-refractivity contribution in [3.8, 4) is 0 Å². The number of hydrogen-bond acceptors (Lipinski definition) is 4. The maximum Gasteiger partial charge on any atom is 0.279 e. The molecule has 2 amide bonds. The lowest BCUT2D eigenvalue weighted by Crippen LogP contribution is -2.41. The van der Waals surface area contributed by atoms with Crippen LogP contribution in [0.3, 0.4) is 0 Å². The van der Waals surface area contributed by atoms with E-state index in [4.69, 9.17) is 0 Å². The number of carbonyl (C=O) groups is 2. The Hall–Kier alpha value is -1.73. The second kappa shape index (κ2) is 5.74. The molecule has 0 fully saturated rings. The van der Waals surface area contributed by atoms with Crippen molar-refractivity contribution >= 4 is 39.1 Å². The van der Waals surface area contributed by atoms with Gasteiger partial charge in [-0.1, -0.05) is 6.07 Å². The lowest BCUT2D eigenvalue weighted by Gasteiger charge is -2.05. The molecule has 2 rings (SSSR count). The van der Waals surface area contributed by atoms with E-state index < -0.39 is 5.91 Å². The van der Waals surface area contributed by atoms with Crippen LogP contribution in [0.5, 0.6) is 0 Å². The average molecular weight is 326 g/mol. The van der Waals surface area contributed by atoms with Gasteiger partial charge in [-0.25, -0.2) is 0 Å². The van der Waals surface area contributed by atoms with Gasteiger partial charge in [0.1, 0.15) is 0 Å². The lowest BCUT2D eigenvalue weighted by atomic mass is 10.3. The summed E-state index contributed by atoms with van der Waals surface area (Å²) < 4.78 is 0.694. The first-order chi connectivity index (χ1) is 8.66. The number of rotatable bonds is 2. The largest absolute Gasteiger partial charge is 0.279 e. The van der Waals surface area contributed by atoms with Crippen molar-refractivity contribution in [2.45, 2.75) is 0 Å². The normalized spacial score (nSPS) is 9.83. The molecule has 5 nitrogen and oxygen atoms in total. The highest BCUT2D eigenvalue weighted by molar-refractivity contribution is 9.10. The number of hydrazine groups is 1. The molecule has 0 atom stereocenters. The van der Waals surface area contributed by atoms with E-state index in [0.717, 1.165) is 0 Å². The molecule has 0 unspecified atom stereocenters. The van der Waals surface area contributed by atoms with E-state index in [1.165, 1.54) is 17.5 Å². The first kappa shape index (κ1) is 12.7. The Kier molecular flexibility index (Phi) is 4.06. The van der Waals surface area contributed by atoms with Gasteiger partial charge in [-0.05, 0) is 33.4 Å². The van der Waals surface area contributed by atoms with E-state index in [0.29, 0.717) is 14.9 Å². The standard InChI is InChI=1S/C11H8BrN3O2S/c12-8-4-7(5-13-6-8)10(16)14-15-11(17)9-2-1-3-18-9/h1-6H,(H,14,16)(H,15,17). The van der Waals surface area contributed by atoms with Crippen molar-refractivity contribution < 1.29 is 9.59 Å². The maximum absolute atomic E-state index is 11.7. The zero-order chi connectivity index (χ0) is 13.0. The molecule has 0 aromatic carbocycles. The van der Waals surface area contributed by atoms with Crippen LogP contribution >= 0.6 is 27.3 Å². The molecule has 0 aliphatic rings. The molecular weight excluding hydrogens is 318 g/mol. The molecule has 2 N–H and O–H groups in total. The Balaban J connectivity index is 1.95. The van der Waals surface area contributed by atoms with Crippen LogP contribution in [0.4, 0.5) is 0 Å². The van der Waals surface area contributed by atoms with Crippen LogP contribution in [0.2, 0.25) is 0 Å². The summed E-state index contributed by atoms with van der Waals surface area (Å²) in [4.78, 5) is 27.7. The highest BCUT2D eigenvalue weighted by Gasteiger charge is 2.09. The predicted molar refractivity (Wildman–Crippen MR) is 71.2 cm³/mol. The van der Waals surface area contributed by atoms with Gasteiger partial charge in [0, 0.05) is 16.9 Å². The number of nitrogens with one attached hydrogen (secondary N) is 2. The Morgan fingerprint density at radius 1 is 1.22 bits per heavy atom. The molecule has 0 aliphatic carbocycles. The summed E-state index contributed by atoms with van der Waals surface area (Å²) in [5.74, 6) is -0.769. The summed E-state index contributed by atoms with van der Waals surface area (Å²) >= 11 is 4.51. The van der Waals surface area contributed by atoms with Gasteiger partial charge in [0.2, 0.25) is 0 Å². The quantitative estimate of drug-likeness (QED) is 0.829. The van der Waals surface area contributed by atoms with Gasteiger partial charge < -0.3 is 0 Å². The Morgan fingerprint density at radius 2 is 2.00 bits per heavy atom. The minimum absolute atomic E-state index is 0.346. The first-order valence-electron chi connectivity index (χ1n) is 4.91. The van der Waals surface area contributed by atoms with Crippen molar-refractivity contribution in [3.63, 3.8) is 0 Å². The second-order valence-electron chi connectivity index (χ2n) is 3.28. The van der Waals surface area contributed by atoms with Crippen molar-refractivity contribution in [1.29, 1.82) is 0 Å². The molecule has 0 spiro atoms. The van der Waals surface area contributed by atoms with Gasteiger partial charge in [-0.2, -0.15) is 0 Å². The number of thiophene rings is 1. The topological polar surface area (TPSA) is 71.1 Å². The predicted octanol–water partition coefficient (Wildman–Crippen LogP) is 1.98. The summed E-state index contributed by atoms with van der Waals surface area (Å²) in [5.41, 5.74) is 5.01. The summed E-state index contributed by atoms with van der Waals surface area (Å²) in [6.07, 6.45) is 2.98. The van der Waals surface area contributed by atoms with Crippen LogP contribution in [0, 0.1) is 0 Å². The number of halogens is 1. The van der Waals surface area contributed by atoms with Crippen LogP contribution in [-0.4, -0.2) is 16.8 Å². The molecule has 7 heteroatoms. The molecule has 92 valence electrons. The molecule has 2 aromatic heterocycles. The minimum atomic E-state index is -0.422.